The SMILES string of the molecule is CCc1cnc(CNc2cc(Cl)nc(N)n2)o1. The molecule has 0 amide bonds. The van der Waals surface area contributed by atoms with Crippen molar-refractivity contribution in [2.24, 2.45) is 0 Å². The lowest BCUT2D eigenvalue weighted by Gasteiger charge is -2.03. The summed E-state index contributed by atoms with van der Waals surface area (Å²) >= 11 is 5.75. The summed E-state index contributed by atoms with van der Waals surface area (Å²) in [5.74, 6) is 2.11. The zero-order valence-electron chi connectivity index (χ0n) is 9.27. The molecule has 3 N–H and O–H groups in total. The fourth-order valence-electron chi connectivity index (χ4n) is 1.29. The molecular weight excluding hydrogens is 242 g/mol. The maximum Gasteiger partial charge on any atom is 0.223 e. The van der Waals surface area contributed by atoms with Gasteiger partial charge in [-0.15, -0.1) is 0 Å². The Balaban J connectivity index is 2.01. The van der Waals surface area contributed by atoms with Crippen LogP contribution in [0.5, 0.6) is 0 Å². The number of anilines is 2. The first-order valence-electron chi connectivity index (χ1n) is 5.15. The predicted molar refractivity (Wildman–Crippen MR) is 64.7 cm³/mol. The van der Waals surface area contributed by atoms with Gasteiger partial charge in [0.2, 0.25) is 11.8 Å². The quantitative estimate of drug-likeness (QED) is 0.809. The van der Waals surface area contributed by atoms with E-state index in [1.165, 1.54) is 0 Å². The van der Waals surface area contributed by atoms with Crippen molar-refractivity contribution in [1.82, 2.24) is 15.0 Å². The Bertz CT molecular complexity index is 493. The molecule has 0 saturated heterocycles. The first-order chi connectivity index (χ1) is 8.17. The summed E-state index contributed by atoms with van der Waals surface area (Å²) in [6.45, 7) is 2.43. The highest BCUT2D eigenvalue weighted by Crippen LogP contribution is 2.13. The smallest absolute Gasteiger partial charge is 0.223 e. The summed E-state index contributed by atoms with van der Waals surface area (Å²) < 4.78 is 5.43. The average molecular weight is 254 g/mol. The van der Waals surface area contributed by atoms with E-state index in [9.17, 15) is 0 Å². The second-order valence-electron chi connectivity index (χ2n) is 3.36. The fraction of sp³-hybridized carbons (Fsp3) is 0.300. The number of halogens is 1. The van der Waals surface area contributed by atoms with Gasteiger partial charge in [-0.1, -0.05) is 18.5 Å². The molecule has 6 nitrogen and oxygen atoms in total. The van der Waals surface area contributed by atoms with Crippen LogP contribution in [0.4, 0.5) is 11.8 Å². The number of hydrogen-bond donors (Lipinski definition) is 2. The minimum Gasteiger partial charge on any atom is -0.444 e. The van der Waals surface area contributed by atoms with E-state index >= 15 is 0 Å². The molecule has 0 aromatic carbocycles. The number of aromatic nitrogens is 3. The number of nitrogens with two attached hydrogens (primary N) is 1. The van der Waals surface area contributed by atoms with Gasteiger partial charge in [0.05, 0.1) is 12.7 Å². The van der Waals surface area contributed by atoms with Gasteiger partial charge in [0.25, 0.3) is 0 Å². The Morgan fingerprint density at radius 1 is 1.47 bits per heavy atom. The van der Waals surface area contributed by atoms with Gasteiger partial charge in [-0.25, -0.2) is 9.97 Å². The topological polar surface area (TPSA) is 89.9 Å². The highest BCUT2D eigenvalue weighted by atomic mass is 35.5. The third-order valence-electron chi connectivity index (χ3n) is 2.08. The molecule has 0 aliphatic heterocycles. The van der Waals surface area contributed by atoms with Crippen LogP contribution in [0.15, 0.2) is 16.7 Å². The Labute approximate surface area is 103 Å². The first kappa shape index (κ1) is 11.7. The van der Waals surface area contributed by atoms with Crippen LogP contribution in [0.25, 0.3) is 0 Å². The summed E-state index contributed by atoms with van der Waals surface area (Å²) in [7, 11) is 0. The lowest BCUT2D eigenvalue weighted by Crippen LogP contribution is -2.04. The molecule has 7 heteroatoms. The third-order valence-corrected chi connectivity index (χ3v) is 2.28. The number of nitrogen functional groups attached to an aromatic ring is 1. The highest BCUT2D eigenvalue weighted by Gasteiger charge is 2.04. The van der Waals surface area contributed by atoms with Gasteiger partial charge in [-0.3, -0.25) is 0 Å². The monoisotopic (exact) mass is 253 g/mol. The van der Waals surface area contributed by atoms with Crippen molar-refractivity contribution in [2.45, 2.75) is 19.9 Å². The zero-order chi connectivity index (χ0) is 12.3. The number of nitrogens with zero attached hydrogens (tertiary/aromatic N) is 3. The van der Waals surface area contributed by atoms with Crippen molar-refractivity contribution in [3.8, 4) is 0 Å². The van der Waals surface area contributed by atoms with Crippen molar-refractivity contribution < 1.29 is 4.42 Å². The lowest BCUT2D eigenvalue weighted by molar-refractivity contribution is 0.465. The van der Waals surface area contributed by atoms with E-state index in [-0.39, 0.29) is 5.95 Å². The standard InChI is InChI=1S/C10H12ClN5O/c1-2-6-4-14-9(17-6)5-13-8-3-7(11)15-10(12)16-8/h3-4H,2,5H2,1H3,(H3,12,13,15,16). The van der Waals surface area contributed by atoms with Crippen LogP contribution >= 0.6 is 11.6 Å². The first-order valence-corrected chi connectivity index (χ1v) is 5.52. The van der Waals surface area contributed by atoms with E-state index in [1.54, 1.807) is 12.3 Å². The van der Waals surface area contributed by atoms with Crippen LogP contribution in [-0.2, 0) is 13.0 Å². The number of oxazole rings is 1. The van der Waals surface area contributed by atoms with Gasteiger partial charge < -0.3 is 15.5 Å². The summed E-state index contributed by atoms with van der Waals surface area (Å²) in [5.41, 5.74) is 5.47. The largest absolute Gasteiger partial charge is 0.444 e. The van der Waals surface area contributed by atoms with Gasteiger partial charge in [-0.2, -0.15) is 4.98 Å². The molecule has 90 valence electrons. The summed E-state index contributed by atoms with van der Waals surface area (Å²) in [5, 5.41) is 3.30. The maximum absolute atomic E-state index is 5.75. The van der Waals surface area contributed by atoms with Gasteiger partial charge >= 0.3 is 0 Å². The van der Waals surface area contributed by atoms with Gasteiger partial charge in [0, 0.05) is 12.5 Å². The minimum atomic E-state index is 0.127. The normalized spacial score (nSPS) is 10.5. The van der Waals surface area contributed by atoms with E-state index in [2.05, 4.69) is 20.3 Å². The molecule has 0 saturated carbocycles. The van der Waals surface area contributed by atoms with Crippen molar-refractivity contribution in [3.63, 3.8) is 0 Å². The Morgan fingerprint density at radius 3 is 2.94 bits per heavy atom. The van der Waals surface area contributed by atoms with Crippen molar-refractivity contribution in [1.29, 1.82) is 0 Å². The number of rotatable bonds is 4. The Morgan fingerprint density at radius 2 is 2.29 bits per heavy atom. The molecule has 0 aliphatic rings. The van der Waals surface area contributed by atoms with Crippen LogP contribution in [-0.4, -0.2) is 15.0 Å². The average Bonchev–Trinajstić information content (AvgIpc) is 2.73. The maximum atomic E-state index is 5.75. The molecule has 2 aromatic heterocycles. The van der Waals surface area contributed by atoms with Gasteiger partial charge in [0.15, 0.2) is 0 Å². The van der Waals surface area contributed by atoms with Crippen LogP contribution in [0.3, 0.4) is 0 Å². The molecule has 2 heterocycles. The second kappa shape index (κ2) is 5.01. The molecule has 0 spiro atoms. The summed E-state index contributed by atoms with van der Waals surface area (Å²) in [4.78, 5) is 11.8. The van der Waals surface area contributed by atoms with Crippen molar-refractivity contribution in [2.75, 3.05) is 11.1 Å². The Kier molecular flexibility index (Phi) is 3.43. The number of nitrogens with one attached hydrogen (secondary N) is 1. The molecule has 0 atom stereocenters. The van der Waals surface area contributed by atoms with E-state index < -0.39 is 0 Å². The van der Waals surface area contributed by atoms with Crippen molar-refractivity contribution in [3.05, 3.63) is 29.1 Å². The zero-order valence-corrected chi connectivity index (χ0v) is 10.0. The molecule has 2 rings (SSSR count). The molecule has 0 bridgehead atoms. The number of aryl methyl sites for hydroxylation is 1. The van der Waals surface area contributed by atoms with Crippen LogP contribution in [0.1, 0.15) is 18.6 Å². The van der Waals surface area contributed by atoms with Gasteiger partial charge in [-0.05, 0) is 0 Å². The van der Waals surface area contributed by atoms with Crippen LogP contribution in [0, 0.1) is 0 Å². The van der Waals surface area contributed by atoms with E-state index in [4.69, 9.17) is 21.8 Å². The molecule has 0 aliphatic carbocycles. The fourth-order valence-corrected chi connectivity index (χ4v) is 1.48. The third kappa shape index (κ3) is 3.07. The second-order valence-corrected chi connectivity index (χ2v) is 3.75. The number of hydrogen-bond acceptors (Lipinski definition) is 6. The van der Waals surface area contributed by atoms with E-state index in [0.717, 1.165) is 12.2 Å². The summed E-state index contributed by atoms with van der Waals surface area (Å²) in [6, 6.07) is 1.58. The van der Waals surface area contributed by atoms with Crippen LogP contribution < -0.4 is 11.1 Å². The molecule has 0 fully saturated rings. The lowest BCUT2D eigenvalue weighted by atomic mass is 10.4. The van der Waals surface area contributed by atoms with Gasteiger partial charge in [0.1, 0.15) is 16.7 Å². The predicted octanol–water partition coefficient (Wildman–Crippen LogP) is 1.87. The molecule has 2 aromatic rings. The summed E-state index contributed by atoms with van der Waals surface area (Å²) in [6.07, 6.45) is 2.53. The molecule has 0 unspecified atom stereocenters. The van der Waals surface area contributed by atoms with Crippen molar-refractivity contribution >= 4 is 23.4 Å². The molecule has 0 radical (unpaired) electrons. The highest BCUT2D eigenvalue weighted by molar-refractivity contribution is 6.29. The van der Waals surface area contributed by atoms with E-state index in [1.807, 2.05) is 6.92 Å². The Hall–Kier alpha value is -1.82. The minimum absolute atomic E-state index is 0.127. The molecule has 17 heavy (non-hydrogen) atoms. The molecular formula is C10H12ClN5O. The van der Waals surface area contributed by atoms with E-state index in [0.29, 0.717) is 23.4 Å². The van der Waals surface area contributed by atoms with Crippen LogP contribution in [0.2, 0.25) is 5.15 Å².